The van der Waals surface area contributed by atoms with Gasteiger partial charge in [-0.15, -0.1) is 0 Å². The molecular formula is C21H21N3O4. The molecule has 0 unspecified atom stereocenters. The number of hydrogen-bond acceptors (Lipinski definition) is 5. The van der Waals surface area contributed by atoms with Crippen LogP contribution in [-0.4, -0.2) is 34.9 Å². The van der Waals surface area contributed by atoms with Gasteiger partial charge in [0.05, 0.1) is 19.0 Å². The van der Waals surface area contributed by atoms with Gasteiger partial charge in [-0.3, -0.25) is 4.79 Å². The third-order valence-electron chi connectivity index (χ3n) is 4.05. The van der Waals surface area contributed by atoms with Crippen molar-refractivity contribution in [2.75, 3.05) is 12.4 Å². The summed E-state index contributed by atoms with van der Waals surface area (Å²) >= 11 is 0. The number of aromatic nitrogens is 2. The Kier molecular flexibility index (Phi) is 5.74. The highest BCUT2D eigenvalue weighted by Gasteiger charge is 2.25. The second-order valence-electron chi connectivity index (χ2n) is 6.23. The van der Waals surface area contributed by atoms with Crippen LogP contribution in [0.3, 0.4) is 0 Å². The van der Waals surface area contributed by atoms with Crippen molar-refractivity contribution in [3.63, 3.8) is 0 Å². The maximum atomic E-state index is 12.5. The van der Waals surface area contributed by atoms with E-state index in [0.717, 1.165) is 11.3 Å². The fourth-order valence-electron chi connectivity index (χ4n) is 2.60. The summed E-state index contributed by atoms with van der Waals surface area (Å²) in [7, 11) is 1.44. The summed E-state index contributed by atoms with van der Waals surface area (Å²) in [6, 6.07) is 16.7. The topological polar surface area (TPSA) is 82.5 Å². The molecular weight excluding hydrogens is 358 g/mol. The van der Waals surface area contributed by atoms with Gasteiger partial charge >= 0.3 is 5.97 Å². The molecule has 7 heteroatoms. The van der Waals surface area contributed by atoms with Crippen LogP contribution in [0.2, 0.25) is 0 Å². The van der Waals surface area contributed by atoms with Crippen LogP contribution in [0.4, 0.5) is 5.69 Å². The number of para-hydroxylation sites is 1. The van der Waals surface area contributed by atoms with Crippen LogP contribution in [-0.2, 0) is 9.53 Å². The molecule has 1 atom stereocenters. The second-order valence-corrected chi connectivity index (χ2v) is 6.23. The zero-order valence-electron chi connectivity index (χ0n) is 15.9. The highest BCUT2D eigenvalue weighted by atomic mass is 16.6. The Morgan fingerprint density at radius 1 is 1.11 bits per heavy atom. The molecule has 0 bridgehead atoms. The highest BCUT2D eigenvalue weighted by Crippen LogP contribution is 2.21. The molecule has 144 valence electrons. The molecule has 1 aromatic heterocycles. The molecule has 0 aliphatic carbocycles. The van der Waals surface area contributed by atoms with E-state index < -0.39 is 18.0 Å². The number of methoxy groups -OCH3 is 1. The van der Waals surface area contributed by atoms with Gasteiger partial charge in [-0.05, 0) is 43.7 Å². The molecule has 0 saturated heterocycles. The predicted molar refractivity (Wildman–Crippen MR) is 105 cm³/mol. The van der Waals surface area contributed by atoms with Gasteiger partial charge in [-0.2, -0.15) is 5.10 Å². The first-order valence-electron chi connectivity index (χ1n) is 8.75. The fourth-order valence-corrected chi connectivity index (χ4v) is 2.60. The minimum atomic E-state index is -1.00. The zero-order valence-corrected chi connectivity index (χ0v) is 15.9. The number of rotatable bonds is 6. The number of anilines is 1. The van der Waals surface area contributed by atoms with Gasteiger partial charge < -0.3 is 14.8 Å². The summed E-state index contributed by atoms with van der Waals surface area (Å²) in [5, 5.41) is 6.97. The number of aryl methyl sites for hydroxylation is 1. The maximum Gasteiger partial charge on any atom is 0.363 e. The van der Waals surface area contributed by atoms with E-state index in [4.69, 9.17) is 9.47 Å². The first-order valence-corrected chi connectivity index (χ1v) is 8.75. The molecule has 3 aromatic rings. The number of nitrogens with zero attached hydrogens (tertiary/aromatic N) is 2. The molecule has 0 saturated carbocycles. The lowest BCUT2D eigenvalue weighted by Crippen LogP contribution is -2.30. The Morgan fingerprint density at radius 3 is 2.54 bits per heavy atom. The van der Waals surface area contributed by atoms with Crippen LogP contribution >= 0.6 is 0 Å². The van der Waals surface area contributed by atoms with E-state index in [-0.39, 0.29) is 11.4 Å². The van der Waals surface area contributed by atoms with Crippen molar-refractivity contribution in [2.45, 2.75) is 20.0 Å². The molecule has 0 spiro atoms. The molecule has 0 aliphatic rings. The average Bonchev–Trinajstić information content (AvgIpc) is 3.13. The Labute approximate surface area is 162 Å². The number of carbonyl (C=O) groups excluding carboxylic acids is 2. The first kappa shape index (κ1) is 19.2. The van der Waals surface area contributed by atoms with E-state index in [1.807, 2.05) is 55.5 Å². The largest absolute Gasteiger partial charge is 0.493 e. The van der Waals surface area contributed by atoms with Gasteiger partial charge in [0.15, 0.2) is 11.9 Å². The summed E-state index contributed by atoms with van der Waals surface area (Å²) in [5.41, 5.74) is 2.42. The van der Waals surface area contributed by atoms with Crippen LogP contribution in [0.5, 0.6) is 5.75 Å². The minimum absolute atomic E-state index is 0.00144. The van der Waals surface area contributed by atoms with Gasteiger partial charge in [0.1, 0.15) is 0 Å². The molecule has 1 amide bonds. The molecule has 3 rings (SSSR count). The van der Waals surface area contributed by atoms with Crippen LogP contribution in [0, 0.1) is 6.92 Å². The van der Waals surface area contributed by atoms with E-state index in [2.05, 4.69) is 10.4 Å². The quantitative estimate of drug-likeness (QED) is 0.664. The van der Waals surface area contributed by atoms with E-state index in [0.29, 0.717) is 5.69 Å². The number of amides is 1. The van der Waals surface area contributed by atoms with Crippen LogP contribution in [0.15, 0.2) is 60.8 Å². The third-order valence-corrected chi connectivity index (χ3v) is 4.05. The monoisotopic (exact) mass is 379 g/mol. The van der Waals surface area contributed by atoms with Crippen molar-refractivity contribution < 1.29 is 19.1 Å². The second kappa shape index (κ2) is 8.39. The molecule has 0 radical (unpaired) electrons. The molecule has 1 heterocycles. The first-order chi connectivity index (χ1) is 13.5. The molecule has 2 aromatic carbocycles. The van der Waals surface area contributed by atoms with Crippen LogP contribution in [0.25, 0.3) is 5.69 Å². The van der Waals surface area contributed by atoms with Crippen molar-refractivity contribution in [2.24, 2.45) is 0 Å². The minimum Gasteiger partial charge on any atom is -0.493 e. The van der Waals surface area contributed by atoms with Crippen molar-refractivity contribution in [1.82, 2.24) is 9.78 Å². The van der Waals surface area contributed by atoms with Crippen molar-refractivity contribution in [3.8, 4) is 11.4 Å². The third kappa shape index (κ3) is 4.37. The average molecular weight is 379 g/mol. The highest BCUT2D eigenvalue weighted by molar-refractivity contribution is 5.97. The lowest BCUT2D eigenvalue weighted by atomic mass is 10.2. The van der Waals surface area contributed by atoms with Gasteiger partial charge in [-0.1, -0.05) is 30.3 Å². The Bertz CT molecular complexity index is 982. The van der Waals surface area contributed by atoms with Gasteiger partial charge in [0.2, 0.25) is 5.69 Å². The van der Waals surface area contributed by atoms with Crippen molar-refractivity contribution >= 4 is 17.6 Å². The molecule has 0 fully saturated rings. The van der Waals surface area contributed by atoms with Gasteiger partial charge in [0.25, 0.3) is 5.91 Å². The Morgan fingerprint density at radius 2 is 1.86 bits per heavy atom. The Balaban J connectivity index is 1.71. The molecule has 7 nitrogen and oxygen atoms in total. The molecule has 0 aliphatic heterocycles. The van der Waals surface area contributed by atoms with E-state index in [1.54, 1.807) is 12.3 Å². The predicted octanol–water partition coefficient (Wildman–Crippen LogP) is 3.37. The lowest BCUT2D eigenvalue weighted by molar-refractivity contribution is -0.123. The van der Waals surface area contributed by atoms with Crippen molar-refractivity contribution in [1.29, 1.82) is 0 Å². The molecule has 28 heavy (non-hydrogen) atoms. The van der Waals surface area contributed by atoms with E-state index in [1.165, 1.54) is 18.7 Å². The number of benzene rings is 2. The maximum absolute atomic E-state index is 12.5. The molecule has 1 N–H and O–H groups in total. The van der Waals surface area contributed by atoms with E-state index >= 15 is 0 Å². The smallest absolute Gasteiger partial charge is 0.363 e. The summed E-state index contributed by atoms with van der Waals surface area (Å²) in [4.78, 5) is 24.9. The normalized spacial score (nSPS) is 11.5. The SMILES string of the molecule is COc1cn(-c2ccccc2)nc1C(=O)O[C@H](C)C(=O)Nc1cccc(C)c1. The number of ether oxygens (including phenoxy) is 2. The number of esters is 1. The lowest BCUT2D eigenvalue weighted by Gasteiger charge is -2.13. The fraction of sp³-hybridized carbons (Fsp3) is 0.190. The van der Waals surface area contributed by atoms with Crippen LogP contribution < -0.4 is 10.1 Å². The summed E-state index contributed by atoms with van der Waals surface area (Å²) in [6.45, 7) is 3.43. The summed E-state index contributed by atoms with van der Waals surface area (Å²) < 4.78 is 12.0. The number of hydrogen-bond donors (Lipinski definition) is 1. The van der Waals surface area contributed by atoms with Gasteiger partial charge in [-0.25, -0.2) is 9.48 Å². The Hall–Kier alpha value is -3.61. The van der Waals surface area contributed by atoms with Crippen molar-refractivity contribution in [3.05, 3.63) is 72.1 Å². The summed E-state index contributed by atoms with van der Waals surface area (Å²) in [6.07, 6.45) is 0.586. The van der Waals surface area contributed by atoms with Gasteiger partial charge in [0, 0.05) is 5.69 Å². The number of carbonyl (C=O) groups is 2. The summed E-state index contributed by atoms with van der Waals surface area (Å²) in [5.74, 6) is -0.904. The standard InChI is InChI=1S/C21H21N3O4/c1-14-8-7-9-16(12-14)22-20(25)15(2)28-21(26)19-18(27-3)13-24(23-19)17-10-5-4-6-11-17/h4-13,15H,1-3H3,(H,22,25)/t15-/m1/s1. The number of nitrogens with one attached hydrogen (secondary N) is 1. The zero-order chi connectivity index (χ0) is 20.1. The van der Waals surface area contributed by atoms with Crippen LogP contribution in [0.1, 0.15) is 23.0 Å². The van der Waals surface area contributed by atoms with E-state index in [9.17, 15) is 9.59 Å².